The predicted molar refractivity (Wildman–Crippen MR) is 140 cm³/mol. The number of hydrogen-bond donors (Lipinski definition) is 6. The number of aryl methyl sites for hydroxylation is 1. The van der Waals surface area contributed by atoms with E-state index in [1.54, 1.807) is 12.1 Å². The normalized spacial score (nSPS) is 29.4. The lowest BCUT2D eigenvalue weighted by Crippen LogP contribution is -2.68. The van der Waals surface area contributed by atoms with E-state index in [0.717, 1.165) is 5.56 Å². The highest BCUT2D eigenvalue weighted by Gasteiger charge is 2.67. The molecule has 0 aromatic heterocycles. The zero-order valence-electron chi connectivity index (χ0n) is 21.4. The molecule has 202 valence electrons. The summed E-state index contributed by atoms with van der Waals surface area (Å²) >= 11 is 0. The van der Waals surface area contributed by atoms with Crippen LogP contribution in [0.5, 0.6) is 5.75 Å². The van der Waals surface area contributed by atoms with Gasteiger partial charge in [-0.1, -0.05) is 48.0 Å². The molecule has 0 saturated carbocycles. The minimum absolute atomic E-state index is 0.177. The molecule has 3 aliphatic rings. The highest BCUT2D eigenvalue weighted by atomic mass is 16.4. The van der Waals surface area contributed by atoms with Gasteiger partial charge in [0.1, 0.15) is 22.8 Å². The van der Waals surface area contributed by atoms with Crippen LogP contribution in [0.2, 0.25) is 0 Å². The van der Waals surface area contributed by atoms with Crippen molar-refractivity contribution in [3.8, 4) is 5.75 Å². The van der Waals surface area contributed by atoms with Gasteiger partial charge in [-0.2, -0.15) is 0 Å². The van der Waals surface area contributed by atoms with Gasteiger partial charge in [-0.15, -0.1) is 0 Å². The molecule has 0 spiro atoms. The molecule has 0 heterocycles. The number of phenols is 1. The molecule has 5 rings (SSSR count). The second-order valence-corrected chi connectivity index (χ2v) is 10.4. The van der Waals surface area contributed by atoms with Gasteiger partial charge in [-0.25, -0.2) is 0 Å². The molecule has 1 amide bonds. The number of aromatic hydroxyl groups is 1. The number of rotatable bonds is 3. The second-order valence-electron chi connectivity index (χ2n) is 10.4. The Bertz CT molecular complexity index is 1530. The number of carbonyl (C=O) groups is 3. The maximum Gasteiger partial charge on any atom is 0.255 e. The fourth-order valence-corrected chi connectivity index (χ4v) is 6.16. The van der Waals surface area contributed by atoms with E-state index in [1.807, 2.05) is 31.2 Å². The predicted octanol–water partition coefficient (Wildman–Crippen LogP) is 1.40. The summed E-state index contributed by atoms with van der Waals surface area (Å²) in [7, 11) is 2.97. The molecule has 10 heteroatoms. The summed E-state index contributed by atoms with van der Waals surface area (Å²) in [6, 6.07) is 10.4. The summed E-state index contributed by atoms with van der Waals surface area (Å²) in [5.74, 6) is -8.77. The van der Waals surface area contributed by atoms with Gasteiger partial charge in [-0.05, 0) is 43.8 Å². The van der Waals surface area contributed by atoms with Crippen LogP contribution in [0.3, 0.4) is 0 Å². The Hall–Kier alpha value is -4.25. The van der Waals surface area contributed by atoms with Crippen molar-refractivity contribution in [3.05, 3.63) is 87.4 Å². The van der Waals surface area contributed by atoms with E-state index >= 15 is 0 Å². The van der Waals surface area contributed by atoms with Crippen LogP contribution < -0.4 is 5.73 Å². The van der Waals surface area contributed by atoms with E-state index in [0.29, 0.717) is 16.7 Å². The first-order valence-electron chi connectivity index (χ1n) is 12.3. The third-order valence-corrected chi connectivity index (χ3v) is 7.93. The maximum absolute atomic E-state index is 13.8. The lowest BCUT2D eigenvalue weighted by Gasteiger charge is -2.52. The van der Waals surface area contributed by atoms with Crippen molar-refractivity contribution in [2.45, 2.75) is 24.7 Å². The van der Waals surface area contributed by atoms with Gasteiger partial charge < -0.3 is 31.3 Å². The molecule has 0 radical (unpaired) electrons. The van der Waals surface area contributed by atoms with Gasteiger partial charge in [0.05, 0.1) is 29.2 Å². The van der Waals surface area contributed by atoms with E-state index in [2.05, 4.69) is 0 Å². The standard InChI is InChI=1S/C29H28N2O8/c1-12-7-9-13(10-8-12)11-15-14-5-4-6-16(32)17(14)23(33)19-18(15)24(34)21-22(31(2)3)25(35)20(28(30)38)27(37)29(21,39)26(19)36/h4-11,18,21-22,24,32,34-36,39H,1-3H3,(H2,30,38)/b15-11+/t18-,21-,22+,24+,29+/m0/s1. The molecule has 0 fully saturated rings. The number of aliphatic hydroxyl groups is 4. The molecular formula is C29H28N2O8. The molecule has 7 N–H and O–H groups in total. The fourth-order valence-electron chi connectivity index (χ4n) is 6.16. The maximum atomic E-state index is 13.8. The SMILES string of the molecule is Cc1ccc(/C=C2\c3cccc(O)c3C(=O)C3=C(O)[C@@]4(O)C(=O)C(C(N)=O)=C(O)[C@H](N(C)C)[C@H]4[C@H](O)[C@H]32)cc1. The van der Waals surface area contributed by atoms with E-state index in [1.165, 1.54) is 31.1 Å². The Morgan fingerprint density at radius 2 is 1.69 bits per heavy atom. The monoisotopic (exact) mass is 532 g/mol. The van der Waals surface area contributed by atoms with Crippen LogP contribution in [0.25, 0.3) is 11.6 Å². The van der Waals surface area contributed by atoms with Gasteiger partial charge in [0, 0.05) is 5.92 Å². The molecule has 5 atom stereocenters. The largest absolute Gasteiger partial charge is 0.510 e. The first kappa shape index (κ1) is 26.4. The number of likely N-dealkylation sites (N-methyl/N-ethyl adjacent to an activating group) is 1. The number of ketones is 2. The molecule has 0 aliphatic heterocycles. The van der Waals surface area contributed by atoms with Crippen molar-refractivity contribution in [3.63, 3.8) is 0 Å². The number of nitrogens with zero attached hydrogens (tertiary/aromatic N) is 1. The van der Waals surface area contributed by atoms with Crippen molar-refractivity contribution >= 4 is 29.1 Å². The highest BCUT2D eigenvalue weighted by molar-refractivity contribution is 6.25. The zero-order valence-corrected chi connectivity index (χ0v) is 21.4. The number of benzene rings is 2. The first-order valence-corrected chi connectivity index (χ1v) is 12.3. The van der Waals surface area contributed by atoms with E-state index in [-0.39, 0.29) is 5.56 Å². The number of aliphatic hydroxyl groups excluding tert-OH is 3. The number of hydrogen-bond acceptors (Lipinski definition) is 9. The fraction of sp³-hybridized carbons (Fsp3) is 0.276. The summed E-state index contributed by atoms with van der Waals surface area (Å²) in [6.07, 6.45) is -0.0276. The Morgan fingerprint density at radius 1 is 1.05 bits per heavy atom. The van der Waals surface area contributed by atoms with Crippen molar-refractivity contribution in [1.82, 2.24) is 4.90 Å². The van der Waals surface area contributed by atoms with E-state index in [4.69, 9.17) is 5.73 Å². The third kappa shape index (κ3) is 3.56. The summed E-state index contributed by atoms with van der Waals surface area (Å²) in [5.41, 5.74) is 3.10. The molecule has 0 unspecified atom stereocenters. The highest BCUT2D eigenvalue weighted by Crippen LogP contribution is 2.55. The topological polar surface area (TPSA) is 182 Å². The smallest absolute Gasteiger partial charge is 0.255 e. The first-order chi connectivity index (χ1) is 18.3. The average Bonchev–Trinajstić information content (AvgIpc) is 2.86. The van der Waals surface area contributed by atoms with Gasteiger partial charge in [-0.3, -0.25) is 19.3 Å². The second kappa shape index (κ2) is 8.91. The molecular weight excluding hydrogens is 504 g/mol. The van der Waals surface area contributed by atoms with Crippen molar-refractivity contribution in [2.75, 3.05) is 14.1 Å². The van der Waals surface area contributed by atoms with Crippen LogP contribution in [0.1, 0.15) is 27.0 Å². The van der Waals surface area contributed by atoms with Crippen LogP contribution in [-0.4, -0.2) is 79.7 Å². The molecule has 0 saturated heterocycles. The third-order valence-electron chi connectivity index (χ3n) is 7.93. The molecule has 2 aromatic carbocycles. The molecule has 39 heavy (non-hydrogen) atoms. The zero-order chi connectivity index (χ0) is 28.5. The van der Waals surface area contributed by atoms with Crippen LogP contribution in [-0.2, 0) is 9.59 Å². The number of amides is 1. The van der Waals surface area contributed by atoms with Crippen molar-refractivity contribution in [1.29, 1.82) is 0 Å². The number of carbonyl (C=O) groups excluding carboxylic acids is 3. The Labute approximate surface area is 223 Å². The van der Waals surface area contributed by atoms with Gasteiger partial charge in [0.25, 0.3) is 5.91 Å². The van der Waals surface area contributed by atoms with E-state index < -0.39 is 75.5 Å². The summed E-state index contributed by atoms with van der Waals surface area (Å²) < 4.78 is 0. The number of Topliss-reactive ketones (excluding diaryl/α,β-unsaturated/α-hetero) is 2. The lowest BCUT2D eigenvalue weighted by molar-refractivity contribution is -0.159. The van der Waals surface area contributed by atoms with Crippen molar-refractivity contribution < 1.29 is 39.9 Å². The molecule has 2 aromatic rings. The van der Waals surface area contributed by atoms with Crippen LogP contribution in [0.4, 0.5) is 0 Å². The molecule has 0 bridgehead atoms. The Balaban J connectivity index is 1.86. The minimum Gasteiger partial charge on any atom is -0.510 e. The Kier molecular flexibility index (Phi) is 6.02. The quantitative estimate of drug-likeness (QED) is 0.318. The average molecular weight is 533 g/mol. The molecule has 3 aliphatic carbocycles. The number of fused-ring (bicyclic) bond motifs is 3. The minimum atomic E-state index is -2.97. The summed E-state index contributed by atoms with van der Waals surface area (Å²) in [5, 5.41) is 56.8. The molecule has 10 nitrogen and oxygen atoms in total. The van der Waals surface area contributed by atoms with Crippen LogP contribution >= 0.6 is 0 Å². The van der Waals surface area contributed by atoms with E-state index in [9.17, 15) is 39.9 Å². The Morgan fingerprint density at radius 3 is 2.28 bits per heavy atom. The summed E-state index contributed by atoms with van der Waals surface area (Å²) in [6.45, 7) is 1.91. The number of nitrogens with two attached hydrogens (primary N) is 1. The lowest BCUT2D eigenvalue weighted by atomic mass is 9.56. The van der Waals surface area contributed by atoms with Gasteiger partial charge in [0.2, 0.25) is 5.78 Å². The summed E-state index contributed by atoms with van der Waals surface area (Å²) in [4.78, 5) is 40.8. The number of phenolic OH excluding ortho intramolecular Hbond substituents is 1. The van der Waals surface area contributed by atoms with Crippen molar-refractivity contribution in [2.24, 2.45) is 17.6 Å². The van der Waals surface area contributed by atoms with Gasteiger partial charge in [0.15, 0.2) is 11.4 Å². The van der Waals surface area contributed by atoms with Crippen LogP contribution in [0.15, 0.2) is 65.1 Å². The number of primary amides is 1. The van der Waals surface area contributed by atoms with Crippen LogP contribution in [0, 0.1) is 18.8 Å². The van der Waals surface area contributed by atoms with Gasteiger partial charge >= 0.3 is 0 Å².